The summed E-state index contributed by atoms with van der Waals surface area (Å²) in [6.45, 7) is 0. The molecule has 0 unspecified atom stereocenters. The van der Waals surface area contributed by atoms with E-state index < -0.39 is 28.1 Å². The van der Waals surface area contributed by atoms with Gasteiger partial charge in [0.15, 0.2) is 0 Å². The molecule has 86 heavy (non-hydrogen) atoms. The standard InChI is InChI=1S/2C25H20N2O2.C17H12BrCl2N3O3S2/c28-24-21(19-12-5-2-6-13-19)15-9-17-23(24)27-25(29)26-22-16-8-7-14-20(22)18-10-3-1-4-11-18;28-24-22(20-10-5-2-6-11-20)12-7-13-23(24)27-25(29)26-21-16-14-19(15-17-21)18-8-3-1-4-9-18;18-10-5-1-2-6-11(10)21-17(24)22-12-7-3-4-8-13(12)23-28(25,26)14-9-15(19)27-16(14)20/h2*1-17,28H,(H2,26,27,29);1-9,23H,(H2,21,22,24). The van der Waals surface area contributed by atoms with Crippen LogP contribution in [0.15, 0.2) is 270 Å². The van der Waals surface area contributed by atoms with Crippen molar-refractivity contribution in [3.8, 4) is 56.0 Å². The summed E-state index contributed by atoms with van der Waals surface area (Å²) < 4.78 is 28.7. The van der Waals surface area contributed by atoms with Gasteiger partial charge in [0.05, 0.1) is 38.5 Å². The van der Waals surface area contributed by atoms with Gasteiger partial charge in [-0.25, -0.2) is 22.8 Å². The summed E-state index contributed by atoms with van der Waals surface area (Å²) >= 11 is 16.1. The topological polar surface area (TPSA) is 210 Å². The lowest BCUT2D eigenvalue weighted by atomic mass is 10.0. The number of benzene rings is 10. The molecule has 0 bridgehead atoms. The zero-order valence-corrected chi connectivity index (χ0v) is 49.9. The number of thiophene rings is 1. The highest BCUT2D eigenvalue weighted by molar-refractivity contribution is 9.10. The second-order valence-corrected chi connectivity index (χ2v) is 23.3. The van der Waals surface area contributed by atoms with Crippen LogP contribution in [0.2, 0.25) is 8.67 Å². The molecule has 6 amide bonds. The van der Waals surface area contributed by atoms with Gasteiger partial charge in [0.25, 0.3) is 10.0 Å². The van der Waals surface area contributed by atoms with Gasteiger partial charge in [0.1, 0.15) is 20.7 Å². The molecule has 0 spiro atoms. The molecule has 0 aliphatic rings. The Morgan fingerprint density at radius 3 is 1.23 bits per heavy atom. The average molecular weight is 1280 g/mol. The lowest BCUT2D eigenvalue weighted by Gasteiger charge is -2.14. The number of hydrogen-bond acceptors (Lipinski definition) is 8. The smallest absolute Gasteiger partial charge is 0.323 e. The van der Waals surface area contributed by atoms with Gasteiger partial charge in [-0.3, -0.25) is 4.72 Å². The number of carbonyl (C=O) groups excluding carboxylic acids is 3. The Morgan fingerprint density at radius 2 is 0.733 bits per heavy atom. The summed E-state index contributed by atoms with van der Waals surface area (Å²) in [6.07, 6.45) is 0. The largest absolute Gasteiger partial charge is 0.505 e. The molecule has 1 heterocycles. The van der Waals surface area contributed by atoms with E-state index in [0.717, 1.165) is 44.7 Å². The van der Waals surface area contributed by atoms with Crippen molar-refractivity contribution in [3.05, 3.63) is 274 Å². The van der Waals surface area contributed by atoms with Crippen molar-refractivity contribution in [1.82, 2.24) is 0 Å². The van der Waals surface area contributed by atoms with E-state index in [-0.39, 0.29) is 36.4 Å². The second-order valence-electron chi connectivity index (χ2n) is 18.5. The van der Waals surface area contributed by atoms with Crippen LogP contribution >= 0.6 is 50.5 Å². The molecule has 0 fully saturated rings. The Kier molecular flexibility index (Phi) is 20.5. The fraction of sp³-hybridized carbons (Fsp3) is 0. The zero-order chi connectivity index (χ0) is 60.4. The quantitative estimate of drug-likeness (QED) is 0.0510. The summed E-state index contributed by atoms with van der Waals surface area (Å²) in [6, 6.07) is 78.2. The summed E-state index contributed by atoms with van der Waals surface area (Å²) in [7, 11) is -3.98. The third-order valence-electron chi connectivity index (χ3n) is 12.7. The van der Waals surface area contributed by atoms with Crippen molar-refractivity contribution < 1.29 is 33.0 Å². The number of halogens is 3. The van der Waals surface area contributed by atoms with Crippen molar-refractivity contribution in [3.63, 3.8) is 0 Å². The highest BCUT2D eigenvalue weighted by Gasteiger charge is 2.23. The lowest BCUT2D eigenvalue weighted by Crippen LogP contribution is -2.21. The number of aromatic hydroxyl groups is 2. The van der Waals surface area contributed by atoms with Crippen molar-refractivity contribution in [2.45, 2.75) is 4.90 Å². The number of sulfonamides is 1. The molecular formula is C67H52BrCl2N7O7S2. The maximum absolute atomic E-state index is 12.6. The molecule has 0 aliphatic heterocycles. The summed E-state index contributed by atoms with van der Waals surface area (Å²) in [5.41, 5.74) is 10.3. The van der Waals surface area contributed by atoms with E-state index >= 15 is 0 Å². The Labute approximate surface area is 519 Å². The third-order valence-corrected chi connectivity index (χ3v) is 16.5. The Morgan fingerprint density at radius 1 is 0.372 bits per heavy atom. The number of amides is 6. The van der Waals surface area contributed by atoms with Gasteiger partial charge in [0, 0.05) is 26.9 Å². The van der Waals surface area contributed by atoms with E-state index in [2.05, 4.69) is 52.6 Å². The zero-order valence-electron chi connectivity index (χ0n) is 45.2. The fourth-order valence-corrected chi connectivity index (χ4v) is 12.2. The number of anilines is 7. The highest BCUT2D eigenvalue weighted by Crippen LogP contribution is 2.39. The van der Waals surface area contributed by atoms with Crippen molar-refractivity contribution in [1.29, 1.82) is 0 Å². The Hall–Kier alpha value is -9.88. The number of phenolic OH excluding ortho intramolecular Hbond substituents is 2. The van der Waals surface area contributed by atoms with Crippen LogP contribution < -0.4 is 36.6 Å². The molecule has 0 saturated carbocycles. The van der Waals surface area contributed by atoms with Gasteiger partial charge in [-0.05, 0) is 104 Å². The minimum absolute atomic E-state index is 0.0326. The molecule has 0 radical (unpaired) electrons. The lowest BCUT2D eigenvalue weighted by molar-refractivity contribution is 0.261. The van der Waals surface area contributed by atoms with Gasteiger partial charge < -0.3 is 42.1 Å². The van der Waals surface area contributed by atoms with Gasteiger partial charge in [-0.15, -0.1) is 11.3 Å². The fourth-order valence-electron chi connectivity index (χ4n) is 8.62. The number of phenols is 2. The third kappa shape index (κ3) is 16.3. The van der Waals surface area contributed by atoms with Gasteiger partial charge >= 0.3 is 18.1 Å². The maximum atomic E-state index is 12.6. The predicted molar refractivity (Wildman–Crippen MR) is 354 cm³/mol. The van der Waals surface area contributed by atoms with Crippen LogP contribution in [-0.2, 0) is 10.0 Å². The van der Waals surface area contributed by atoms with Crippen molar-refractivity contribution >= 4 is 118 Å². The average Bonchev–Trinajstić information content (AvgIpc) is 2.72. The minimum atomic E-state index is -3.98. The molecule has 9 N–H and O–H groups in total. The van der Waals surface area contributed by atoms with E-state index in [9.17, 15) is 33.0 Å². The molecule has 10 aromatic carbocycles. The van der Waals surface area contributed by atoms with E-state index in [4.69, 9.17) is 23.2 Å². The molecule has 430 valence electrons. The number of para-hydroxylation sites is 6. The molecule has 1 aromatic heterocycles. The number of rotatable bonds is 13. The monoisotopic (exact) mass is 1280 g/mol. The van der Waals surface area contributed by atoms with Crippen LogP contribution in [0.5, 0.6) is 11.5 Å². The Balaban J connectivity index is 0.000000154. The molecule has 11 aromatic rings. The summed E-state index contributed by atoms with van der Waals surface area (Å²) in [4.78, 5) is 37.2. The normalized spacial score (nSPS) is 10.6. The summed E-state index contributed by atoms with van der Waals surface area (Å²) in [5.74, 6) is 0.0680. The van der Waals surface area contributed by atoms with E-state index in [1.807, 2.05) is 188 Å². The highest BCUT2D eigenvalue weighted by atomic mass is 79.9. The van der Waals surface area contributed by atoms with Crippen molar-refractivity contribution in [2.75, 3.05) is 36.6 Å². The van der Waals surface area contributed by atoms with E-state index in [0.29, 0.717) is 44.0 Å². The van der Waals surface area contributed by atoms with Crippen LogP contribution in [0, 0.1) is 0 Å². The molecule has 0 atom stereocenters. The SMILES string of the molecule is O=C(Nc1ccc(-c2ccccc2)cc1)Nc1cccc(-c2ccccc2)c1O.O=C(Nc1ccccc1-c1ccccc1)Nc1cccc(-c2ccccc2)c1O.O=C(Nc1ccccc1Br)Nc1ccccc1NS(=O)(=O)c1cc(Cl)sc1Cl. The first kappa shape index (κ1) is 60.7. The van der Waals surface area contributed by atoms with E-state index in [1.54, 1.807) is 60.7 Å². The van der Waals surface area contributed by atoms with Crippen LogP contribution in [-0.4, -0.2) is 36.7 Å². The van der Waals surface area contributed by atoms with Crippen LogP contribution in [0.4, 0.5) is 54.2 Å². The van der Waals surface area contributed by atoms with E-state index in [1.165, 1.54) is 12.1 Å². The van der Waals surface area contributed by atoms with Crippen LogP contribution in [0.3, 0.4) is 0 Å². The first-order valence-corrected chi connectivity index (χ1v) is 30.1. The molecule has 19 heteroatoms. The summed E-state index contributed by atoms with van der Waals surface area (Å²) in [5, 5.41) is 37.7. The predicted octanol–water partition coefficient (Wildman–Crippen LogP) is 19.0. The minimum Gasteiger partial charge on any atom is -0.505 e. The molecule has 14 nitrogen and oxygen atoms in total. The number of urea groups is 3. The maximum Gasteiger partial charge on any atom is 0.323 e. The number of nitrogens with one attached hydrogen (secondary N) is 7. The van der Waals surface area contributed by atoms with Crippen LogP contribution in [0.1, 0.15) is 0 Å². The molecule has 11 rings (SSSR count). The number of carbonyl (C=O) groups is 3. The van der Waals surface area contributed by atoms with Crippen molar-refractivity contribution in [2.24, 2.45) is 0 Å². The second kappa shape index (κ2) is 29.1. The first-order chi connectivity index (χ1) is 41.7. The van der Waals surface area contributed by atoms with Crippen LogP contribution in [0.25, 0.3) is 44.5 Å². The molecule has 0 aliphatic carbocycles. The van der Waals surface area contributed by atoms with Gasteiger partial charge in [-0.2, -0.15) is 0 Å². The number of hydrogen-bond donors (Lipinski definition) is 9. The van der Waals surface area contributed by atoms with Gasteiger partial charge in [0.2, 0.25) is 0 Å². The van der Waals surface area contributed by atoms with Gasteiger partial charge in [-0.1, -0.05) is 223 Å². The Bertz CT molecular complexity index is 4250. The molecule has 0 saturated heterocycles. The first-order valence-electron chi connectivity index (χ1n) is 26.3. The molecular weight excluding hydrogens is 1230 g/mol.